The van der Waals surface area contributed by atoms with E-state index in [1.165, 1.54) is 25.7 Å². The van der Waals surface area contributed by atoms with Crippen LogP contribution in [0.4, 0.5) is 0 Å². The SMILES string of the molecule is NCC1CN(C2CCCCCC2)C(=O)CO1. The minimum absolute atomic E-state index is 0.0425. The number of nitrogens with zero attached hydrogens (tertiary/aromatic N) is 1. The molecular formula is C12H22N2O2. The molecule has 1 atom stereocenters. The Kier molecular flexibility index (Phi) is 4.18. The number of hydrogen-bond acceptors (Lipinski definition) is 3. The molecule has 2 aliphatic rings. The van der Waals surface area contributed by atoms with E-state index in [1.807, 2.05) is 4.90 Å². The summed E-state index contributed by atoms with van der Waals surface area (Å²) in [7, 11) is 0. The first-order chi connectivity index (χ1) is 7.81. The average Bonchev–Trinajstić information content (AvgIpc) is 2.58. The summed E-state index contributed by atoms with van der Waals surface area (Å²) >= 11 is 0. The molecule has 1 saturated carbocycles. The van der Waals surface area contributed by atoms with E-state index < -0.39 is 0 Å². The van der Waals surface area contributed by atoms with Crippen molar-refractivity contribution in [2.24, 2.45) is 5.73 Å². The molecule has 1 saturated heterocycles. The lowest BCUT2D eigenvalue weighted by Crippen LogP contribution is -2.53. The van der Waals surface area contributed by atoms with Gasteiger partial charge < -0.3 is 15.4 Å². The quantitative estimate of drug-likeness (QED) is 0.712. The van der Waals surface area contributed by atoms with Gasteiger partial charge in [-0.3, -0.25) is 4.79 Å². The largest absolute Gasteiger partial charge is 0.365 e. The summed E-state index contributed by atoms with van der Waals surface area (Å²) in [6.07, 6.45) is 7.49. The molecule has 0 radical (unpaired) electrons. The van der Waals surface area contributed by atoms with Crippen molar-refractivity contribution in [1.29, 1.82) is 0 Å². The number of hydrogen-bond donors (Lipinski definition) is 1. The van der Waals surface area contributed by atoms with Gasteiger partial charge in [0.1, 0.15) is 6.61 Å². The van der Waals surface area contributed by atoms with E-state index in [1.54, 1.807) is 0 Å². The highest BCUT2D eigenvalue weighted by Gasteiger charge is 2.30. The molecule has 1 aliphatic heterocycles. The van der Waals surface area contributed by atoms with Gasteiger partial charge in [0.05, 0.1) is 6.10 Å². The van der Waals surface area contributed by atoms with E-state index in [0.29, 0.717) is 19.1 Å². The van der Waals surface area contributed by atoms with Crippen molar-refractivity contribution < 1.29 is 9.53 Å². The van der Waals surface area contributed by atoms with Crippen LogP contribution in [0.1, 0.15) is 38.5 Å². The van der Waals surface area contributed by atoms with E-state index in [4.69, 9.17) is 10.5 Å². The molecule has 1 heterocycles. The molecule has 2 fully saturated rings. The summed E-state index contributed by atoms with van der Waals surface area (Å²) in [6.45, 7) is 1.43. The summed E-state index contributed by atoms with van der Waals surface area (Å²) in [5.41, 5.74) is 5.61. The second-order valence-electron chi connectivity index (χ2n) is 4.86. The minimum atomic E-state index is 0.0425. The van der Waals surface area contributed by atoms with Crippen molar-refractivity contribution in [3.8, 4) is 0 Å². The van der Waals surface area contributed by atoms with Gasteiger partial charge in [-0.05, 0) is 12.8 Å². The first kappa shape index (κ1) is 11.9. The molecule has 92 valence electrons. The third-order valence-corrected chi connectivity index (χ3v) is 3.69. The zero-order valence-corrected chi connectivity index (χ0v) is 9.86. The van der Waals surface area contributed by atoms with Crippen LogP contribution in [0.5, 0.6) is 0 Å². The van der Waals surface area contributed by atoms with Gasteiger partial charge in [-0.2, -0.15) is 0 Å². The van der Waals surface area contributed by atoms with Crippen LogP contribution in [0, 0.1) is 0 Å². The Bertz CT molecular complexity index is 237. The molecule has 1 aliphatic carbocycles. The van der Waals surface area contributed by atoms with Crippen LogP contribution >= 0.6 is 0 Å². The second kappa shape index (κ2) is 5.64. The lowest BCUT2D eigenvalue weighted by molar-refractivity contribution is -0.152. The van der Waals surface area contributed by atoms with Gasteiger partial charge in [-0.25, -0.2) is 0 Å². The van der Waals surface area contributed by atoms with Crippen molar-refractivity contribution in [2.75, 3.05) is 19.7 Å². The Morgan fingerprint density at radius 1 is 1.25 bits per heavy atom. The van der Waals surface area contributed by atoms with Crippen LogP contribution < -0.4 is 5.73 Å². The predicted octanol–water partition coefficient (Wildman–Crippen LogP) is 0.895. The fourth-order valence-electron chi connectivity index (χ4n) is 2.71. The monoisotopic (exact) mass is 226 g/mol. The Hall–Kier alpha value is -0.610. The lowest BCUT2D eigenvalue weighted by Gasteiger charge is -2.37. The molecule has 2 N–H and O–H groups in total. The molecular weight excluding hydrogens is 204 g/mol. The maximum absolute atomic E-state index is 11.8. The molecule has 0 aromatic carbocycles. The molecule has 4 heteroatoms. The van der Waals surface area contributed by atoms with Crippen LogP contribution in [0.3, 0.4) is 0 Å². The number of ether oxygens (including phenoxy) is 1. The third-order valence-electron chi connectivity index (χ3n) is 3.69. The van der Waals surface area contributed by atoms with Gasteiger partial charge in [-0.15, -0.1) is 0 Å². The maximum Gasteiger partial charge on any atom is 0.248 e. The molecule has 0 bridgehead atoms. The predicted molar refractivity (Wildman–Crippen MR) is 62.0 cm³/mol. The highest BCUT2D eigenvalue weighted by Crippen LogP contribution is 2.23. The van der Waals surface area contributed by atoms with Gasteiger partial charge in [0, 0.05) is 19.1 Å². The van der Waals surface area contributed by atoms with Gasteiger partial charge in [0.15, 0.2) is 0 Å². The number of nitrogens with two attached hydrogens (primary N) is 1. The Labute approximate surface area is 97.1 Å². The molecule has 2 rings (SSSR count). The smallest absolute Gasteiger partial charge is 0.248 e. The summed E-state index contributed by atoms with van der Waals surface area (Å²) < 4.78 is 5.38. The number of morpholine rings is 1. The van der Waals surface area contributed by atoms with E-state index in [-0.39, 0.29) is 18.6 Å². The van der Waals surface area contributed by atoms with Crippen molar-refractivity contribution in [2.45, 2.75) is 50.7 Å². The van der Waals surface area contributed by atoms with Crippen molar-refractivity contribution in [3.05, 3.63) is 0 Å². The van der Waals surface area contributed by atoms with E-state index in [2.05, 4.69) is 0 Å². The Morgan fingerprint density at radius 3 is 2.56 bits per heavy atom. The minimum Gasteiger partial charge on any atom is -0.365 e. The van der Waals surface area contributed by atoms with Gasteiger partial charge >= 0.3 is 0 Å². The summed E-state index contributed by atoms with van der Waals surface area (Å²) in [5, 5.41) is 0. The van der Waals surface area contributed by atoms with Crippen LogP contribution in [-0.2, 0) is 9.53 Å². The average molecular weight is 226 g/mol. The molecule has 0 aromatic heterocycles. The van der Waals surface area contributed by atoms with Gasteiger partial charge in [-0.1, -0.05) is 25.7 Å². The Morgan fingerprint density at radius 2 is 1.94 bits per heavy atom. The zero-order chi connectivity index (χ0) is 11.4. The summed E-state index contributed by atoms with van der Waals surface area (Å²) in [6, 6.07) is 0.438. The first-order valence-corrected chi connectivity index (χ1v) is 6.42. The summed E-state index contributed by atoms with van der Waals surface area (Å²) in [5.74, 6) is 0.150. The first-order valence-electron chi connectivity index (χ1n) is 6.42. The number of carbonyl (C=O) groups excluding carboxylic acids is 1. The maximum atomic E-state index is 11.8. The van der Waals surface area contributed by atoms with E-state index in [0.717, 1.165) is 12.8 Å². The van der Waals surface area contributed by atoms with Gasteiger partial charge in [0.2, 0.25) is 5.91 Å². The van der Waals surface area contributed by atoms with Crippen LogP contribution in [0.2, 0.25) is 0 Å². The van der Waals surface area contributed by atoms with Gasteiger partial charge in [0.25, 0.3) is 0 Å². The highest BCUT2D eigenvalue weighted by atomic mass is 16.5. The molecule has 4 nitrogen and oxygen atoms in total. The van der Waals surface area contributed by atoms with Crippen LogP contribution in [-0.4, -0.2) is 42.6 Å². The van der Waals surface area contributed by atoms with E-state index >= 15 is 0 Å². The lowest BCUT2D eigenvalue weighted by atomic mass is 10.1. The summed E-state index contributed by atoms with van der Waals surface area (Å²) in [4.78, 5) is 13.8. The van der Waals surface area contributed by atoms with Crippen molar-refractivity contribution in [1.82, 2.24) is 4.90 Å². The van der Waals surface area contributed by atoms with Crippen LogP contribution in [0.25, 0.3) is 0 Å². The normalized spacial score (nSPS) is 29.2. The molecule has 1 unspecified atom stereocenters. The van der Waals surface area contributed by atoms with E-state index in [9.17, 15) is 4.79 Å². The fourth-order valence-corrected chi connectivity index (χ4v) is 2.71. The molecule has 0 spiro atoms. The number of amides is 1. The zero-order valence-electron chi connectivity index (χ0n) is 9.86. The molecule has 0 aromatic rings. The highest BCUT2D eigenvalue weighted by molar-refractivity contribution is 5.78. The molecule has 16 heavy (non-hydrogen) atoms. The topological polar surface area (TPSA) is 55.6 Å². The third kappa shape index (κ3) is 2.74. The second-order valence-corrected chi connectivity index (χ2v) is 4.86. The standard InChI is InChI=1S/C12H22N2O2/c13-7-11-8-14(12(15)9-16-11)10-5-3-1-2-4-6-10/h10-11H,1-9,13H2. The van der Waals surface area contributed by atoms with Crippen molar-refractivity contribution >= 4 is 5.91 Å². The molecule has 1 amide bonds. The Balaban J connectivity index is 1.96. The number of carbonyl (C=O) groups is 1. The van der Waals surface area contributed by atoms with Crippen molar-refractivity contribution in [3.63, 3.8) is 0 Å². The number of rotatable bonds is 2. The fraction of sp³-hybridized carbons (Fsp3) is 0.917. The van der Waals surface area contributed by atoms with Crippen LogP contribution in [0.15, 0.2) is 0 Å².